The van der Waals surface area contributed by atoms with Crippen LogP contribution in [-0.2, 0) is 21.7 Å². The van der Waals surface area contributed by atoms with E-state index in [1.54, 1.807) is 59.9 Å². The van der Waals surface area contributed by atoms with Crippen LogP contribution >= 0.6 is 38.6 Å². The quantitative estimate of drug-likeness (QED) is 0.0358. The number of carbonyl (C=O) groups excluding carboxylic acids is 1. The third-order valence-corrected chi connectivity index (χ3v) is 19.8. The Kier molecular flexibility index (Phi) is 21.2. The van der Waals surface area contributed by atoms with E-state index >= 15 is 0 Å². The van der Waals surface area contributed by atoms with E-state index in [0.29, 0.717) is 39.9 Å². The predicted octanol–water partition coefficient (Wildman–Crippen LogP) is 15.7. The number of amides is 1. The number of fused-ring (bicyclic) bond motifs is 3. The van der Waals surface area contributed by atoms with Gasteiger partial charge in [0.2, 0.25) is 11.9 Å². The maximum Gasteiger partial charge on any atom is 0.259 e. The van der Waals surface area contributed by atoms with Gasteiger partial charge in [0.25, 0.3) is 5.56 Å². The number of anilines is 5. The van der Waals surface area contributed by atoms with Crippen LogP contribution in [0.15, 0.2) is 128 Å². The highest BCUT2D eigenvalue weighted by Gasteiger charge is 2.28. The Morgan fingerprint density at radius 1 is 0.839 bits per heavy atom. The summed E-state index contributed by atoms with van der Waals surface area (Å²) in [4.78, 5) is 50.6. The highest BCUT2D eigenvalue weighted by atomic mass is 79.9. The molecule has 0 radical (unpaired) electrons. The number of hydrogen-bond acceptors (Lipinski definition) is 15. The van der Waals surface area contributed by atoms with Gasteiger partial charge in [-0.2, -0.15) is 4.98 Å². The number of pyridine rings is 2. The molecule has 11 rings (SSSR count). The van der Waals surface area contributed by atoms with Crippen molar-refractivity contribution in [1.29, 1.82) is 0 Å². The molecule has 16 nitrogen and oxygen atoms in total. The normalized spacial score (nSPS) is 14.0. The molecular weight excluding hydrogens is 1210 g/mol. The zero-order chi connectivity index (χ0) is 62.1. The summed E-state index contributed by atoms with van der Waals surface area (Å²) in [5.74, 6) is 4.21. The number of thiazole rings is 1. The number of amidine groups is 1. The molecule has 4 aromatic carbocycles. The number of rotatable bonds is 18. The molecule has 458 valence electrons. The minimum Gasteiger partial charge on any atom is -0.496 e. The summed E-state index contributed by atoms with van der Waals surface area (Å²) in [7, 11) is 2.05. The van der Waals surface area contributed by atoms with Crippen LogP contribution in [0.25, 0.3) is 42.3 Å². The molecule has 2 aliphatic rings. The molecule has 0 atom stereocenters. The third kappa shape index (κ3) is 15.9. The van der Waals surface area contributed by atoms with Crippen molar-refractivity contribution in [3.63, 3.8) is 0 Å². The van der Waals surface area contributed by atoms with Gasteiger partial charge in [0.1, 0.15) is 17.4 Å². The number of aliphatic imine (C=N–C) groups is 1. The Hall–Kier alpha value is -7.26. The van der Waals surface area contributed by atoms with Crippen LogP contribution in [0.2, 0.25) is 0 Å². The van der Waals surface area contributed by atoms with Gasteiger partial charge in [-0.25, -0.2) is 18.4 Å². The van der Waals surface area contributed by atoms with Gasteiger partial charge in [0, 0.05) is 90.7 Å². The molecule has 0 unspecified atom stereocenters. The predicted molar refractivity (Wildman–Crippen MR) is 364 cm³/mol. The van der Waals surface area contributed by atoms with Crippen molar-refractivity contribution in [2.45, 2.75) is 128 Å². The molecule has 1 amide bonds. The minimum atomic E-state index is -3.35. The fourth-order valence-electron chi connectivity index (χ4n) is 10.8. The number of hydrogen-bond donors (Lipinski definition) is 4. The molecule has 5 aromatic heterocycles. The molecule has 87 heavy (non-hydrogen) atoms. The molecule has 0 saturated heterocycles. The van der Waals surface area contributed by atoms with Crippen LogP contribution in [0.3, 0.4) is 0 Å². The average molecular weight is 1300 g/mol. The summed E-state index contributed by atoms with van der Waals surface area (Å²) in [6.45, 7) is 14.1. The second-order valence-corrected chi connectivity index (χ2v) is 28.3. The van der Waals surface area contributed by atoms with Crippen LogP contribution in [0.4, 0.5) is 28.8 Å². The molecule has 5 N–H and O–H groups in total. The van der Waals surface area contributed by atoms with E-state index < -0.39 is 9.84 Å². The van der Waals surface area contributed by atoms with Gasteiger partial charge in [-0.05, 0) is 149 Å². The fourth-order valence-corrected chi connectivity index (χ4v) is 13.9. The second kappa shape index (κ2) is 28.7. The smallest absolute Gasteiger partial charge is 0.259 e. The lowest BCUT2D eigenvalue weighted by molar-refractivity contribution is -0.136. The largest absolute Gasteiger partial charge is 0.496 e. The lowest BCUT2D eigenvalue weighted by atomic mass is 9.84. The average Bonchev–Trinajstić information content (AvgIpc) is 1.93. The van der Waals surface area contributed by atoms with Crippen LogP contribution in [0.1, 0.15) is 139 Å². The summed E-state index contributed by atoms with van der Waals surface area (Å²) >= 11 is 6.65. The van der Waals surface area contributed by atoms with Crippen molar-refractivity contribution >= 4 is 120 Å². The Labute approximate surface area is 527 Å². The molecule has 2 fully saturated rings. The van der Waals surface area contributed by atoms with Crippen molar-refractivity contribution in [2.24, 2.45) is 23.7 Å². The maximum atomic E-state index is 12.9. The first-order valence-corrected chi connectivity index (χ1v) is 34.3. The zero-order valence-corrected chi connectivity index (χ0v) is 55.4. The van der Waals surface area contributed by atoms with Gasteiger partial charge in [-0.3, -0.25) is 19.6 Å². The number of nitrogens with zero attached hydrogens (tertiary/aromatic N) is 7. The van der Waals surface area contributed by atoms with E-state index in [1.807, 2.05) is 86.0 Å². The van der Waals surface area contributed by atoms with E-state index in [2.05, 4.69) is 110 Å². The first-order chi connectivity index (χ1) is 41.6. The van der Waals surface area contributed by atoms with Gasteiger partial charge >= 0.3 is 0 Å². The Morgan fingerprint density at radius 2 is 1.57 bits per heavy atom. The van der Waals surface area contributed by atoms with Crippen LogP contribution in [-0.4, -0.2) is 89.1 Å². The number of sulfone groups is 1. The summed E-state index contributed by atoms with van der Waals surface area (Å²) in [5, 5.41) is 11.4. The number of ether oxygens (including phenoxy) is 1. The molecule has 0 bridgehead atoms. The number of aromatic nitrogens is 5. The molecule has 20 heteroatoms. The number of thiophene rings is 1. The van der Waals surface area contributed by atoms with Crippen molar-refractivity contribution in [3.8, 4) is 16.9 Å². The standard InChI is InChI=1S/C25H31N3O2S.C22H30BrN5O.C20H19N3O2S2/c1-15(2)18-11-10-16(12-21(18)30-4)20-14-28(3)25(29)19-13-22(31-23(19)20)24(26)27-17-8-6-5-7-9-17;1-15(2)16-8-10-18(11-9-16)26-22-25-14-19(23)20(27-22)24-12-5-13-28(3)21(29)17-6-4-7-17;1-12(2)14-9-17-15(10-20(14)27(3,24)25)16(6-7-21-17)23-13-4-5-19-18(8-13)22-11-26-19/h10-15,17H,5-9H2,1-4H3,(H2,26,27);8-11,14-15,17H,4-7,12-13H2,1-3H3,(H2,24,25,26,27);4-12H,1-3H3,(H,21,23). The van der Waals surface area contributed by atoms with Crippen molar-refractivity contribution in [1.82, 2.24) is 29.4 Å². The molecule has 5 heterocycles. The zero-order valence-electron chi connectivity index (χ0n) is 51.4. The minimum absolute atomic E-state index is 0.0162. The first-order valence-electron chi connectivity index (χ1n) is 29.9. The van der Waals surface area contributed by atoms with Crippen molar-refractivity contribution in [3.05, 3.63) is 145 Å². The number of nitrogens with two attached hydrogens (primary N) is 1. The highest BCUT2D eigenvalue weighted by molar-refractivity contribution is 9.10. The summed E-state index contributed by atoms with van der Waals surface area (Å²) in [5.41, 5.74) is 17.9. The van der Waals surface area contributed by atoms with Gasteiger partial charge in [-0.1, -0.05) is 91.5 Å². The number of nitrogens with one attached hydrogen (secondary N) is 3. The Balaban J connectivity index is 0.000000156. The number of aryl methyl sites for hydroxylation is 1. The van der Waals surface area contributed by atoms with Crippen LogP contribution in [0.5, 0.6) is 5.75 Å². The highest BCUT2D eigenvalue weighted by Crippen LogP contribution is 2.39. The number of methoxy groups -OCH3 is 1. The fraction of sp³-hybridized carbons (Fsp3) is 0.388. The van der Waals surface area contributed by atoms with Crippen LogP contribution < -0.4 is 32.0 Å². The van der Waals surface area contributed by atoms with Gasteiger partial charge < -0.3 is 35.9 Å². The topological polar surface area (TPSA) is 212 Å². The monoisotopic (exact) mass is 1290 g/mol. The lowest BCUT2D eigenvalue weighted by Crippen LogP contribution is -2.37. The maximum absolute atomic E-state index is 12.9. The third-order valence-electron chi connectivity index (χ3n) is 16.0. The summed E-state index contributed by atoms with van der Waals surface area (Å²) < 4.78 is 34.9. The molecular formula is C67H80BrN11O5S3. The molecule has 0 spiro atoms. The van der Waals surface area contributed by atoms with E-state index in [4.69, 9.17) is 15.5 Å². The number of halogens is 1. The SMILES string of the molecule is CC(C)c1cc2nccc(Nc3ccc4scnc4c3)c2cc1S(C)(=O)=O.CC(C)c1ccc(Nc2ncc(Br)c(NCCCN(C)C(=O)C3CCC3)n2)cc1.COc1cc(-c2cn(C)c(=O)c3cc(C(N)=NC4CCCCC4)sc23)ccc1C(C)C. The molecule has 0 aliphatic heterocycles. The van der Waals surface area contributed by atoms with E-state index in [9.17, 15) is 18.0 Å². The van der Waals surface area contributed by atoms with E-state index in [0.717, 1.165) is 126 Å². The van der Waals surface area contributed by atoms with Crippen LogP contribution in [0, 0.1) is 5.92 Å². The van der Waals surface area contributed by atoms with Gasteiger partial charge in [-0.15, -0.1) is 22.7 Å². The lowest BCUT2D eigenvalue weighted by Gasteiger charge is -2.29. The molecule has 9 aromatic rings. The van der Waals surface area contributed by atoms with Gasteiger partial charge in [0.15, 0.2) is 9.84 Å². The summed E-state index contributed by atoms with van der Waals surface area (Å²) in [6, 6.07) is 28.3. The second-order valence-electron chi connectivity index (χ2n) is 23.5. The van der Waals surface area contributed by atoms with Crippen molar-refractivity contribution < 1.29 is 17.9 Å². The molecule has 2 aliphatic carbocycles. The first kappa shape index (κ1) is 64.2. The van der Waals surface area contributed by atoms with Crippen molar-refractivity contribution in [2.75, 3.05) is 49.5 Å². The number of carbonyl (C=O) groups is 1. The molecule has 2 saturated carbocycles. The van der Waals surface area contributed by atoms with Gasteiger partial charge in [0.05, 0.1) is 54.0 Å². The van der Waals surface area contributed by atoms with E-state index in [-0.39, 0.29) is 23.3 Å². The number of benzene rings is 4. The van der Waals surface area contributed by atoms with E-state index in [1.165, 1.54) is 43.1 Å². The Morgan fingerprint density at radius 3 is 2.25 bits per heavy atom. The summed E-state index contributed by atoms with van der Waals surface area (Å²) in [6.07, 6.45) is 16.7. The Bertz CT molecular complexity index is 4090.